The fourth-order valence-corrected chi connectivity index (χ4v) is 4.78. The third kappa shape index (κ3) is 6.78. The molecule has 0 nitrogen and oxygen atoms in total. The van der Waals surface area contributed by atoms with E-state index in [0.717, 1.165) is 24.3 Å². The van der Waals surface area contributed by atoms with E-state index in [9.17, 15) is 0 Å². The van der Waals surface area contributed by atoms with Gasteiger partial charge in [-0.2, -0.15) is 0 Å². The van der Waals surface area contributed by atoms with Crippen molar-refractivity contribution in [2.45, 2.75) is 24.3 Å². The molecule has 0 bridgehead atoms. The Morgan fingerprint density at radius 3 is 1.46 bits per heavy atom. The molecule has 0 aliphatic heterocycles. The number of aryl methyl sites for hydroxylation is 1. The van der Waals surface area contributed by atoms with Gasteiger partial charge in [-0.25, -0.2) is 0 Å². The van der Waals surface area contributed by atoms with Crippen molar-refractivity contribution in [3.8, 4) is 0 Å². The van der Waals surface area contributed by atoms with E-state index in [0.29, 0.717) is 0 Å². The summed E-state index contributed by atoms with van der Waals surface area (Å²) in [4.78, 5) is 0. The predicted molar refractivity (Wildman–Crippen MR) is 118 cm³/mol. The minimum Gasteiger partial charge on any atom is -0.115 e. The summed E-state index contributed by atoms with van der Waals surface area (Å²) in [5.41, 5.74) is 4.17. The molecule has 0 unspecified atom stereocenters. The van der Waals surface area contributed by atoms with Crippen LogP contribution >= 0.6 is 23.5 Å². The summed E-state index contributed by atoms with van der Waals surface area (Å²) in [5.74, 6) is 2.06. The summed E-state index contributed by atoms with van der Waals surface area (Å²) >= 11 is 3.91. The summed E-state index contributed by atoms with van der Waals surface area (Å²) in [7, 11) is 0. The quantitative estimate of drug-likeness (QED) is 0.383. The lowest BCUT2D eigenvalue weighted by molar-refractivity contribution is 1.00. The van der Waals surface area contributed by atoms with Gasteiger partial charge in [0.2, 0.25) is 0 Å². The highest BCUT2D eigenvalue weighted by Crippen LogP contribution is 2.34. The number of benzene rings is 3. The smallest absolute Gasteiger partial charge is 0.0367 e. The minimum atomic E-state index is 1.03. The molecule has 0 aliphatic carbocycles. The summed E-state index contributed by atoms with van der Waals surface area (Å²) in [5, 5.41) is 0. The second-order valence-corrected chi connectivity index (χ2v) is 8.39. The predicted octanol–water partition coefficient (Wildman–Crippen LogP) is 7.33. The Balaban J connectivity index is 1.58. The molecule has 0 atom stereocenters. The second kappa shape index (κ2) is 10.9. The van der Waals surface area contributed by atoms with Crippen LogP contribution in [0, 0.1) is 0 Å². The van der Waals surface area contributed by atoms with E-state index >= 15 is 0 Å². The van der Waals surface area contributed by atoms with E-state index < -0.39 is 0 Å². The van der Waals surface area contributed by atoms with Crippen LogP contribution in [-0.2, 0) is 17.9 Å². The molecule has 0 saturated heterocycles. The van der Waals surface area contributed by atoms with Crippen molar-refractivity contribution in [2.75, 3.05) is 0 Å². The van der Waals surface area contributed by atoms with E-state index in [1.54, 1.807) is 0 Å². The third-order valence-corrected chi connectivity index (χ3v) is 6.60. The maximum Gasteiger partial charge on any atom is 0.0367 e. The molecule has 0 spiro atoms. The molecule has 0 fully saturated rings. The van der Waals surface area contributed by atoms with E-state index in [2.05, 4.69) is 97.1 Å². The van der Waals surface area contributed by atoms with Crippen molar-refractivity contribution in [1.29, 1.82) is 0 Å². The maximum absolute atomic E-state index is 2.41. The summed E-state index contributed by atoms with van der Waals surface area (Å²) in [6, 6.07) is 32.2. The van der Waals surface area contributed by atoms with Gasteiger partial charge in [0.25, 0.3) is 0 Å². The molecule has 0 aliphatic rings. The van der Waals surface area contributed by atoms with Gasteiger partial charge in [0, 0.05) is 15.7 Å². The summed E-state index contributed by atoms with van der Waals surface area (Å²) in [6.07, 6.45) is 4.60. The summed E-state index contributed by atoms with van der Waals surface area (Å²) in [6.45, 7) is 0. The molecule has 0 amide bonds. The van der Waals surface area contributed by atoms with E-state index in [-0.39, 0.29) is 0 Å². The molecular weight excluding hydrogens is 352 g/mol. The van der Waals surface area contributed by atoms with E-state index in [1.807, 2.05) is 23.5 Å². The molecule has 0 heterocycles. The van der Waals surface area contributed by atoms with Crippen LogP contribution in [0.25, 0.3) is 0 Å². The van der Waals surface area contributed by atoms with Crippen molar-refractivity contribution in [1.82, 2.24) is 0 Å². The first-order chi connectivity index (χ1) is 12.9. The van der Waals surface area contributed by atoms with E-state index in [4.69, 9.17) is 0 Å². The van der Waals surface area contributed by atoms with Gasteiger partial charge in [-0.3, -0.25) is 0 Å². The topological polar surface area (TPSA) is 0 Å². The average molecular weight is 377 g/mol. The fourth-order valence-electron chi connectivity index (χ4n) is 2.62. The molecule has 0 N–H and O–H groups in total. The Hall–Kier alpha value is -1.90. The minimum absolute atomic E-state index is 1.03. The van der Waals surface area contributed by atoms with Gasteiger partial charge in [0.05, 0.1) is 0 Å². The SMILES string of the molecule is C(CCc1ccccc1)=C(SCc1ccccc1)SCc1ccccc1. The highest BCUT2D eigenvalue weighted by atomic mass is 32.2. The van der Waals surface area contributed by atoms with Crippen LogP contribution in [0.5, 0.6) is 0 Å². The zero-order valence-electron chi connectivity index (χ0n) is 14.9. The van der Waals surface area contributed by atoms with Crippen molar-refractivity contribution < 1.29 is 0 Å². The standard InChI is InChI=1S/C24H24S2/c1-4-11-21(12-5-1)17-10-18-24(25-19-22-13-6-2-7-14-22)26-20-23-15-8-3-9-16-23/h1-9,11-16,18H,10,17,19-20H2. The molecular formula is C24H24S2. The van der Waals surface area contributed by atoms with Gasteiger partial charge in [-0.05, 0) is 29.5 Å². The Morgan fingerprint density at radius 1 is 0.577 bits per heavy atom. The van der Waals surface area contributed by atoms with Gasteiger partial charge < -0.3 is 0 Å². The molecule has 3 aromatic carbocycles. The first-order valence-electron chi connectivity index (χ1n) is 8.98. The van der Waals surface area contributed by atoms with Gasteiger partial charge in [0.15, 0.2) is 0 Å². The van der Waals surface area contributed by atoms with E-state index in [1.165, 1.54) is 20.9 Å². The highest BCUT2D eigenvalue weighted by Gasteiger charge is 2.03. The molecule has 132 valence electrons. The Morgan fingerprint density at radius 2 is 1.00 bits per heavy atom. The lowest BCUT2D eigenvalue weighted by Crippen LogP contribution is -1.85. The zero-order chi connectivity index (χ0) is 17.9. The molecule has 2 heteroatoms. The van der Waals surface area contributed by atoms with Gasteiger partial charge >= 0.3 is 0 Å². The third-order valence-electron chi connectivity index (χ3n) is 4.03. The Kier molecular flexibility index (Phi) is 7.95. The van der Waals surface area contributed by atoms with Crippen LogP contribution in [0.4, 0.5) is 0 Å². The lowest BCUT2D eigenvalue weighted by Gasteiger charge is -2.08. The molecule has 0 radical (unpaired) electrons. The largest absolute Gasteiger partial charge is 0.115 e. The summed E-state index contributed by atoms with van der Waals surface area (Å²) < 4.78 is 1.42. The van der Waals surface area contributed by atoms with Crippen molar-refractivity contribution >= 4 is 23.5 Å². The van der Waals surface area contributed by atoms with Crippen molar-refractivity contribution in [2.24, 2.45) is 0 Å². The number of allylic oxidation sites excluding steroid dienone is 1. The zero-order valence-corrected chi connectivity index (χ0v) is 16.5. The normalized spacial score (nSPS) is 10.5. The van der Waals surface area contributed by atoms with Crippen molar-refractivity contribution in [3.05, 3.63) is 118 Å². The number of hydrogen-bond acceptors (Lipinski definition) is 2. The van der Waals surface area contributed by atoms with Crippen LogP contribution < -0.4 is 0 Å². The Labute approximate surface area is 165 Å². The lowest BCUT2D eigenvalue weighted by atomic mass is 10.1. The van der Waals surface area contributed by atoms with Crippen LogP contribution in [0.2, 0.25) is 0 Å². The second-order valence-electron chi connectivity index (χ2n) is 6.10. The average Bonchev–Trinajstić information content (AvgIpc) is 2.72. The Bertz CT molecular complexity index is 735. The number of thioether (sulfide) groups is 2. The van der Waals surface area contributed by atoms with Gasteiger partial charge in [-0.1, -0.05) is 97.1 Å². The van der Waals surface area contributed by atoms with Crippen LogP contribution in [0.1, 0.15) is 23.1 Å². The fraction of sp³-hybridized carbons (Fsp3) is 0.167. The van der Waals surface area contributed by atoms with Crippen molar-refractivity contribution in [3.63, 3.8) is 0 Å². The first kappa shape index (κ1) is 18.9. The van der Waals surface area contributed by atoms with Gasteiger partial charge in [0.1, 0.15) is 0 Å². The van der Waals surface area contributed by atoms with Crippen LogP contribution in [0.3, 0.4) is 0 Å². The van der Waals surface area contributed by atoms with Gasteiger partial charge in [-0.15, -0.1) is 23.5 Å². The molecule has 0 saturated carbocycles. The van der Waals surface area contributed by atoms with Crippen LogP contribution in [-0.4, -0.2) is 0 Å². The first-order valence-corrected chi connectivity index (χ1v) is 10.9. The molecule has 3 rings (SSSR count). The monoisotopic (exact) mass is 376 g/mol. The molecule has 26 heavy (non-hydrogen) atoms. The van der Waals surface area contributed by atoms with Crippen LogP contribution in [0.15, 0.2) is 101 Å². The highest BCUT2D eigenvalue weighted by molar-refractivity contribution is 8.21. The number of rotatable bonds is 9. The number of hydrogen-bond donors (Lipinski definition) is 0. The molecule has 3 aromatic rings. The maximum atomic E-state index is 2.41. The molecule has 0 aromatic heterocycles.